The average Bonchev–Trinajstić information content (AvgIpc) is 2.71. The third-order valence-electron chi connectivity index (χ3n) is 4.03. The van der Waals surface area contributed by atoms with E-state index in [0.29, 0.717) is 16.6 Å². The van der Waals surface area contributed by atoms with Crippen LogP contribution in [0, 0.1) is 5.82 Å². The molecule has 1 N–H and O–H groups in total. The lowest BCUT2D eigenvalue weighted by Gasteiger charge is -2.08. The molecule has 7 nitrogen and oxygen atoms in total. The van der Waals surface area contributed by atoms with Gasteiger partial charge in [0.2, 0.25) is 0 Å². The molecule has 2 aromatic carbocycles. The summed E-state index contributed by atoms with van der Waals surface area (Å²) >= 11 is 0. The summed E-state index contributed by atoms with van der Waals surface area (Å²) in [5, 5.41) is 3.05. The van der Waals surface area contributed by atoms with E-state index in [2.05, 4.69) is 5.32 Å². The van der Waals surface area contributed by atoms with E-state index in [9.17, 15) is 18.8 Å². The number of fused-ring (bicyclic) bond motifs is 1. The van der Waals surface area contributed by atoms with E-state index in [4.69, 9.17) is 13.9 Å². The predicted molar refractivity (Wildman–Crippen MR) is 108 cm³/mol. The molecule has 8 heteroatoms. The monoisotopic (exact) mass is 411 g/mol. The Morgan fingerprint density at radius 3 is 2.70 bits per heavy atom. The van der Waals surface area contributed by atoms with Crippen LogP contribution < -0.4 is 10.9 Å². The molecule has 0 aliphatic carbocycles. The number of ether oxygens (including phenoxy) is 2. The Kier molecular flexibility index (Phi) is 6.59. The van der Waals surface area contributed by atoms with Crippen molar-refractivity contribution in [3.63, 3.8) is 0 Å². The highest BCUT2D eigenvalue weighted by molar-refractivity contribution is 5.90. The van der Waals surface area contributed by atoms with Crippen LogP contribution in [0.1, 0.15) is 18.1 Å². The molecule has 1 heterocycles. The van der Waals surface area contributed by atoms with Gasteiger partial charge in [0, 0.05) is 40.4 Å². The number of carbonyl (C=O) groups excluding carboxylic acids is 2. The van der Waals surface area contributed by atoms with Gasteiger partial charge in [0.05, 0.1) is 6.61 Å². The summed E-state index contributed by atoms with van der Waals surface area (Å²) in [4.78, 5) is 35.4. The number of halogens is 1. The second-order valence-electron chi connectivity index (χ2n) is 6.11. The first-order valence-electron chi connectivity index (χ1n) is 9.06. The molecule has 0 saturated heterocycles. The van der Waals surface area contributed by atoms with Gasteiger partial charge in [-0.1, -0.05) is 18.2 Å². The van der Waals surface area contributed by atoms with Crippen molar-refractivity contribution >= 4 is 34.8 Å². The number of carbonyl (C=O) groups is 2. The molecule has 0 radical (unpaired) electrons. The highest BCUT2D eigenvalue weighted by Crippen LogP contribution is 2.22. The number of nitrogens with one attached hydrogen (secondary N) is 1. The van der Waals surface area contributed by atoms with E-state index in [0.717, 1.165) is 6.08 Å². The Balaban J connectivity index is 1.74. The van der Waals surface area contributed by atoms with Crippen LogP contribution in [0.25, 0.3) is 17.0 Å². The molecular formula is C22H18FNO6. The summed E-state index contributed by atoms with van der Waals surface area (Å²) < 4.78 is 28.7. The molecule has 0 spiro atoms. The van der Waals surface area contributed by atoms with E-state index in [1.54, 1.807) is 31.2 Å². The van der Waals surface area contributed by atoms with Crippen molar-refractivity contribution in [3.8, 4) is 0 Å². The van der Waals surface area contributed by atoms with Gasteiger partial charge in [0.25, 0.3) is 0 Å². The summed E-state index contributed by atoms with van der Waals surface area (Å²) in [6.45, 7) is 1.71. The SMILES string of the molecule is CCOC(=O)Nc1ccc2c(COC(=O)/C=C/c3ccccc3F)cc(=O)oc2c1. The number of anilines is 1. The maximum absolute atomic E-state index is 13.6. The second-order valence-corrected chi connectivity index (χ2v) is 6.11. The highest BCUT2D eigenvalue weighted by Gasteiger charge is 2.10. The summed E-state index contributed by atoms with van der Waals surface area (Å²) in [6, 6.07) is 11.9. The number of amides is 1. The lowest BCUT2D eigenvalue weighted by Crippen LogP contribution is -2.13. The normalized spacial score (nSPS) is 10.9. The van der Waals surface area contributed by atoms with Gasteiger partial charge in [-0.3, -0.25) is 5.32 Å². The van der Waals surface area contributed by atoms with Crippen LogP contribution in [-0.2, 0) is 20.9 Å². The van der Waals surface area contributed by atoms with Gasteiger partial charge in [-0.05, 0) is 31.2 Å². The predicted octanol–water partition coefficient (Wildman–Crippen LogP) is 4.26. The maximum atomic E-state index is 13.6. The van der Waals surface area contributed by atoms with E-state index in [1.807, 2.05) is 0 Å². The van der Waals surface area contributed by atoms with Crippen LogP contribution in [-0.4, -0.2) is 18.7 Å². The van der Waals surface area contributed by atoms with E-state index < -0.39 is 23.5 Å². The lowest BCUT2D eigenvalue weighted by atomic mass is 10.1. The molecule has 0 atom stereocenters. The first kappa shape index (κ1) is 20.8. The van der Waals surface area contributed by atoms with Crippen LogP contribution in [0.3, 0.4) is 0 Å². The Labute approximate surface area is 170 Å². The van der Waals surface area contributed by atoms with Crippen LogP contribution in [0.4, 0.5) is 14.9 Å². The molecule has 3 aromatic rings. The molecule has 154 valence electrons. The highest BCUT2D eigenvalue weighted by atomic mass is 19.1. The summed E-state index contributed by atoms with van der Waals surface area (Å²) in [7, 11) is 0. The van der Waals surface area contributed by atoms with Crippen molar-refractivity contribution in [2.75, 3.05) is 11.9 Å². The van der Waals surface area contributed by atoms with Crippen molar-refractivity contribution < 1.29 is 27.9 Å². The topological polar surface area (TPSA) is 94.8 Å². The molecule has 30 heavy (non-hydrogen) atoms. The van der Waals surface area contributed by atoms with Crippen LogP contribution >= 0.6 is 0 Å². The van der Waals surface area contributed by atoms with E-state index in [1.165, 1.54) is 30.3 Å². The standard InChI is InChI=1S/C22H18FNO6/c1-2-28-22(27)24-16-8-9-17-15(11-21(26)30-19(17)12-16)13-29-20(25)10-7-14-5-3-4-6-18(14)23/h3-12H,2,13H2,1H3,(H,24,27)/b10-7+. The fourth-order valence-corrected chi connectivity index (χ4v) is 2.68. The Morgan fingerprint density at radius 2 is 1.93 bits per heavy atom. The van der Waals surface area contributed by atoms with E-state index >= 15 is 0 Å². The molecule has 0 bridgehead atoms. The van der Waals surface area contributed by atoms with Crippen molar-refractivity contribution in [3.05, 3.63) is 82.0 Å². The van der Waals surface area contributed by atoms with Gasteiger partial charge in [0.15, 0.2) is 0 Å². The zero-order valence-corrected chi connectivity index (χ0v) is 16.0. The zero-order chi connectivity index (χ0) is 21.5. The second kappa shape index (κ2) is 9.51. The van der Waals surface area contributed by atoms with Gasteiger partial charge in [0.1, 0.15) is 18.0 Å². The molecule has 0 aliphatic heterocycles. The lowest BCUT2D eigenvalue weighted by molar-refractivity contribution is -0.138. The molecule has 0 fully saturated rings. The Bertz CT molecular complexity index is 1170. The van der Waals surface area contributed by atoms with Gasteiger partial charge in [-0.2, -0.15) is 0 Å². The first-order valence-corrected chi connectivity index (χ1v) is 9.06. The van der Waals surface area contributed by atoms with E-state index in [-0.39, 0.29) is 24.4 Å². The number of hydrogen-bond donors (Lipinski definition) is 1. The molecule has 1 aromatic heterocycles. The van der Waals surface area contributed by atoms with Crippen LogP contribution in [0.15, 0.2) is 63.8 Å². The molecule has 1 amide bonds. The van der Waals surface area contributed by atoms with Crippen molar-refractivity contribution in [1.29, 1.82) is 0 Å². The summed E-state index contributed by atoms with van der Waals surface area (Å²) in [5.74, 6) is -1.15. The van der Waals surface area contributed by atoms with Crippen LogP contribution in [0.5, 0.6) is 0 Å². The molecule has 3 rings (SSSR count). The summed E-state index contributed by atoms with van der Waals surface area (Å²) in [6.07, 6.45) is 1.78. The minimum absolute atomic E-state index is 0.187. The number of hydrogen-bond acceptors (Lipinski definition) is 6. The fraction of sp³-hybridized carbons (Fsp3) is 0.136. The van der Waals surface area contributed by atoms with Crippen molar-refractivity contribution in [2.45, 2.75) is 13.5 Å². The number of benzene rings is 2. The van der Waals surface area contributed by atoms with Gasteiger partial charge >= 0.3 is 17.7 Å². The summed E-state index contributed by atoms with van der Waals surface area (Å²) in [5.41, 5.74) is 0.637. The van der Waals surface area contributed by atoms with Crippen LogP contribution in [0.2, 0.25) is 0 Å². The Hall–Kier alpha value is -3.94. The minimum Gasteiger partial charge on any atom is -0.458 e. The van der Waals surface area contributed by atoms with Crippen molar-refractivity contribution in [2.24, 2.45) is 0 Å². The smallest absolute Gasteiger partial charge is 0.411 e. The van der Waals surface area contributed by atoms with Crippen molar-refractivity contribution in [1.82, 2.24) is 0 Å². The molecule has 0 unspecified atom stereocenters. The molecule has 0 saturated carbocycles. The third kappa shape index (κ3) is 5.32. The number of rotatable bonds is 6. The first-order chi connectivity index (χ1) is 14.5. The zero-order valence-electron chi connectivity index (χ0n) is 16.0. The minimum atomic E-state index is -0.694. The molecule has 0 aliphatic rings. The quantitative estimate of drug-likeness (QED) is 0.370. The number of esters is 1. The largest absolute Gasteiger partial charge is 0.458 e. The molecular weight excluding hydrogens is 393 g/mol. The average molecular weight is 411 g/mol. The van der Waals surface area contributed by atoms with Gasteiger partial charge in [-0.25, -0.2) is 18.8 Å². The maximum Gasteiger partial charge on any atom is 0.411 e. The fourth-order valence-electron chi connectivity index (χ4n) is 2.68. The third-order valence-corrected chi connectivity index (χ3v) is 4.03. The Morgan fingerprint density at radius 1 is 1.13 bits per heavy atom. The van der Waals surface area contributed by atoms with Gasteiger partial charge in [-0.15, -0.1) is 0 Å². The van der Waals surface area contributed by atoms with Gasteiger partial charge < -0.3 is 13.9 Å².